The molecule has 2 rings (SSSR count). The summed E-state index contributed by atoms with van der Waals surface area (Å²) < 4.78 is 0. The van der Waals surface area contributed by atoms with Gasteiger partial charge in [-0.05, 0) is 38.0 Å². The number of carbonyl (C=O) groups excluding carboxylic acids is 1. The molecule has 0 aliphatic heterocycles. The van der Waals surface area contributed by atoms with Crippen LogP contribution in [0, 0.1) is 13.8 Å². The van der Waals surface area contributed by atoms with Crippen LogP contribution in [0.5, 0.6) is 5.75 Å². The van der Waals surface area contributed by atoms with Gasteiger partial charge in [0.05, 0.1) is 5.69 Å². The highest BCUT2D eigenvalue weighted by Gasteiger charge is 2.12. The molecular weight excluding hydrogens is 244 g/mol. The van der Waals surface area contributed by atoms with E-state index in [4.69, 9.17) is 0 Å². The summed E-state index contributed by atoms with van der Waals surface area (Å²) in [5.74, 6) is -0.493. The van der Waals surface area contributed by atoms with Crippen LogP contribution in [0.15, 0.2) is 18.3 Å². The SMILES string of the molecule is Cc1n[nH]c(C)c1CCNC(=O)c1ncccc1O. The van der Waals surface area contributed by atoms with E-state index < -0.39 is 0 Å². The number of rotatable bonds is 4. The highest BCUT2D eigenvalue weighted by Crippen LogP contribution is 2.12. The first-order valence-corrected chi connectivity index (χ1v) is 6.02. The average molecular weight is 260 g/mol. The Morgan fingerprint density at radius 1 is 1.47 bits per heavy atom. The van der Waals surface area contributed by atoms with Crippen molar-refractivity contribution in [2.45, 2.75) is 20.3 Å². The largest absolute Gasteiger partial charge is 0.505 e. The minimum Gasteiger partial charge on any atom is -0.505 e. The summed E-state index contributed by atoms with van der Waals surface area (Å²) in [6, 6.07) is 3.01. The summed E-state index contributed by atoms with van der Waals surface area (Å²) in [5.41, 5.74) is 3.09. The van der Waals surface area contributed by atoms with Gasteiger partial charge >= 0.3 is 0 Å². The number of pyridine rings is 1. The summed E-state index contributed by atoms with van der Waals surface area (Å²) in [4.78, 5) is 15.7. The maximum atomic E-state index is 11.8. The third kappa shape index (κ3) is 2.90. The van der Waals surface area contributed by atoms with Crippen LogP contribution in [0.4, 0.5) is 0 Å². The molecule has 0 aromatic carbocycles. The molecule has 2 aromatic rings. The van der Waals surface area contributed by atoms with Gasteiger partial charge in [-0.2, -0.15) is 5.10 Å². The molecule has 0 spiro atoms. The van der Waals surface area contributed by atoms with Gasteiger partial charge in [0.2, 0.25) is 0 Å². The van der Waals surface area contributed by atoms with Crippen molar-refractivity contribution in [1.82, 2.24) is 20.5 Å². The molecule has 0 saturated carbocycles. The maximum Gasteiger partial charge on any atom is 0.273 e. The van der Waals surface area contributed by atoms with Crippen molar-refractivity contribution in [2.75, 3.05) is 6.54 Å². The van der Waals surface area contributed by atoms with Gasteiger partial charge in [0.1, 0.15) is 5.75 Å². The van der Waals surface area contributed by atoms with Crippen LogP contribution in [0.1, 0.15) is 27.4 Å². The first-order chi connectivity index (χ1) is 9.09. The second-order valence-corrected chi connectivity index (χ2v) is 4.29. The smallest absolute Gasteiger partial charge is 0.273 e. The standard InChI is InChI=1S/C13H16N4O2/c1-8-10(9(2)17-16-8)5-7-15-13(19)12-11(18)4-3-6-14-12/h3-4,6,18H,5,7H2,1-2H3,(H,15,19)(H,16,17). The monoisotopic (exact) mass is 260 g/mol. The number of aromatic hydroxyl groups is 1. The lowest BCUT2D eigenvalue weighted by molar-refractivity contribution is 0.0946. The van der Waals surface area contributed by atoms with E-state index in [1.807, 2.05) is 13.8 Å². The summed E-state index contributed by atoms with van der Waals surface area (Å²) in [6.45, 7) is 4.34. The van der Waals surface area contributed by atoms with E-state index in [2.05, 4.69) is 20.5 Å². The maximum absolute atomic E-state index is 11.8. The molecule has 0 aliphatic rings. The number of aromatic nitrogens is 3. The number of aromatic amines is 1. The molecule has 0 atom stereocenters. The van der Waals surface area contributed by atoms with Crippen LogP contribution in [0.25, 0.3) is 0 Å². The van der Waals surface area contributed by atoms with Gasteiger partial charge in [-0.25, -0.2) is 4.98 Å². The van der Waals surface area contributed by atoms with E-state index in [1.54, 1.807) is 6.07 Å². The van der Waals surface area contributed by atoms with Gasteiger partial charge in [0.15, 0.2) is 5.69 Å². The molecule has 19 heavy (non-hydrogen) atoms. The number of amides is 1. The summed E-state index contributed by atoms with van der Waals surface area (Å²) in [5, 5.41) is 19.2. The number of nitrogens with one attached hydrogen (secondary N) is 2. The summed E-state index contributed by atoms with van der Waals surface area (Å²) in [6.07, 6.45) is 2.16. The molecule has 0 aliphatic carbocycles. The number of nitrogens with zero attached hydrogens (tertiary/aromatic N) is 2. The first-order valence-electron chi connectivity index (χ1n) is 6.02. The molecule has 6 nitrogen and oxygen atoms in total. The quantitative estimate of drug-likeness (QED) is 0.767. The fourth-order valence-corrected chi connectivity index (χ4v) is 1.90. The van der Waals surface area contributed by atoms with Gasteiger partial charge in [-0.3, -0.25) is 9.89 Å². The lowest BCUT2D eigenvalue weighted by atomic mass is 10.1. The fraction of sp³-hybridized carbons (Fsp3) is 0.308. The van der Waals surface area contributed by atoms with E-state index in [0.717, 1.165) is 17.0 Å². The molecule has 3 N–H and O–H groups in total. The molecular formula is C13H16N4O2. The molecule has 0 unspecified atom stereocenters. The predicted molar refractivity (Wildman–Crippen MR) is 70.0 cm³/mol. The Hall–Kier alpha value is -2.37. The van der Waals surface area contributed by atoms with Gasteiger partial charge in [-0.15, -0.1) is 0 Å². The van der Waals surface area contributed by atoms with Crippen molar-refractivity contribution in [3.8, 4) is 5.75 Å². The van der Waals surface area contributed by atoms with Crippen molar-refractivity contribution in [3.63, 3.8) is 0 Å². The molecule has 0 radical (unpaired) electrons. The van der Waals surface area contributed by atoms with Crippen molar-refractivity contribution >= 4 is 5.91 Å². The summed E-state index contributed by atoms with van der Waals surface area (Å²) >= 11 is 0. The van der Waals surface area contributed by atoms with Crippen LogP contribution < -0.4 is 5.32 Å². The number of carbonyl (C=O) groups is 1. The summed E-state index contributed by atoms with van der Waals surface area (Å²) in [7, 11) is 0. The minimum atomic E-state index is -0.378. The fourth-order valence-electron chi connectivity index (χ4n) is 1.90. The number of H-pyrrole nitrogens is 1. The van der Waals surface area contributed by atoms with Crippen LogP contribution in [0.2, 0.25) is 0 Å². The zero-order valence-corrected chi connectivity index (χ0v) is 10.9. The molecule has 2 aromatic heterocycles. The Labute approximate surface area is 110 Å². The molecule has 1 amide bonds. The van der Waals surface area contributed by atoms with Crippen LogP contribution in [-0.4, -0.2) is 32.7 Å². The van der Waals surface area contributed by atoms with Crippen LogP contribution >= 0.6 is 0 Å². The van der Waals surface area contributed by atoms with Crippen molar-refractivity contribution in [2.24, 2.45) is 0 Å². The lowest BCUT2D eigenvalue weighted by Gasteiger charge is -2.06. The topological polar surface area (TPSA) is 90.9 Å². The minimum absolute atomic E-state index is 0.0446. The van der Waals surface area contributed by atoms with Gasteiger partial charge in [0.25, 0.3) is 5.91 Å². The molecule has 6 heteroatoms. The van der Waals surface area contributed by atoms with E-state index >= 15 is 0 Å². The zero-order valence-electron chi connectivity index (χ0n) is 10.9. The first kappa shape index (κ1) is 13.1. The molecule has 0 fully saturated rings. The van der Waals surface area contributed by atoms with E-state index in [-0.39, 0.29) is 17.4 Å². The number of hydrogen-bond acceptors (Lipinski definition) is 4. The Morgan fingerprint density at radius 2 is 2.26 bits per heavy atom. The molecule has 0 bridgehead atoms. The predicted octanol–water partition coefficient (Wildman–Crippen LogP) is 1.10. The van der Waals surface area contributed by atoms with E-state index in [1.165, 1.54) is 12.3 Å². The normalized spacial score (nSPS) is 10.4. The number of hydrogen-bond donors (Lipinski definition) is 3. The van der Waals surface area contributed by atoms with Gasteiger partial charge < -0.3 is 10.4 Å². The molecule has 100 valence electrons. The zero-order chi connectivity index (χ0) is 13.8. The third-order valence-corrected chi connectivity index (χ3v) is 2.94. The second kappa shape index (κ2) is 5.51. The van der Waals surface area contributed by atoms with E-state index in [0.29, 0.717) is 13.0 Å². The Morgan fingerprint density at radius 3 is 2.89 bits per heavy atom. The lowest BCUT2D eigenvalue weighted by Crippen LogP contribution is -2.26. The van der Waals surface area contributed by atoms with Crippen LogP contribution in [-0.2, 0) is 6.42 Å². The average Bonchev–Trinajstić information content (AvgIpc) is 2.70. The number of aryl methyl sites for hydroxylation is 2. The van der Waals surface area contributed by atoms with Crippen molar-refractivity contribution in [3.05, 3.63) is 41.0 Å². The Kier molecular flexibility index (Phi) is 3.79. The Bertz CT molecular complexity index is 573. The van der Waals surface area contributed by atoms with Gasteiger partial charge in [0, 0.05) is 18.4 Å². The van der Waals surface area contributed by atoms with E-state index in [9.17, 15) is 9.90 Å². The highest BCUT2D eigenvalue weighted by molar-refractivity contribution is 5.94. The second-order valence-electron chi connectivity index (χ2n) is 4.29. The Balaban J connectivity index is 1.93. The molecule has 0 saturated heterocycles. The highest BCUT2D eigenvalue weighted by atomic mass is 16.3. The van der Waals surface area contributed by atoms with Crippen LogP contribution in [0.3, 0.4) is 0 Å². The van der Waals surface area contributed by atoms with Gasteiger partial charge in [-0.1, -0.05) is 0 Å². The van der Waals surface area contributed by atoms with Crippen molar-refractivity contribution in [1.29, 1.82) is 0 Å². The third-order valence-electron chi connectivity index (χ3n) is 2.94. The van der Waals surface area contributed by atoms with Crippen molar-refractivity contribution < 1.29 is 9.90 Å². The molecule has 2 heterocycles.